The molecule has 96 valence electrons. The van der Waals surface area contributed by atoms with E-state index < -0.39 is 0 Å². The molecule has 0 saturated heterocycles. The van der Waals surface area contributed by atoms with Crippen LogP contribution >= 0.6 is 0 Å². The van der Waals surface area contributed by atoms with Gasteiger partial charge in [0, 0.05) is 6.54 Å². The molecule has 0 atom stereocenters. The van der Waals surface area contributed by atoms with Crippen LogP contribution in [0.1, 0.15) is 51.7 Å². The molecule has 1 aromatic carbocycles. The zero-order chi connectivity index (χ0) is 12.9. The van der Waals surface area contributed by atoms with E-state index >= 15 is 0 Å². The van der Waals surface area contributed by atoms with Gasteiger partial charge < -0.3 is 5.32 Å². The standard InChI is InChI=1S/C14H21N.C2H6/c1-11(2)14(7-8-14)13-6-4-5-12(9-13)10-15-3;1-2/h4-6,9,11,15H,7-8,10H2,1-3H3;1-2H3. The Hall–Kier alpha value is -0.820. The topological polar surface area (TPSA) is 12.0 Å². The summed E-state index contributed by atoms with van der Waals surface area (Å²) >= 11 is 0. The summed E-state index contributed by atoms with van der Waals surface area (Å²) in [6, 6.07) is 9.08. The Balaban J connectivity index is 0.000000686. The molecular weight excluding hydrogens is 206 g/mol. The van der Waals surface area contributed by atoms with Crippen LogP contribution in [0.2, 0.25) is 0 Å². The highest BCUT2D eigenvalue weighted by Gasteiger charge is 2.46. The van der Waals surface area contributed by atoms with Crippen molar-refractivity contribution in [2.75, 3.05) is 7.05 Å². The summed E-state index contributed by atoms with van der Waals surface area (Å²) in [5.41, 5.74) is 3.45. The van der Waals surface area contributed by atoms with Gasteiger partial charge in [-0.2, -0.15) is 0 Å². The molecule has 1 aliphatic rings. The smallest absolute Gasteiger partial charge is 0.0202 e. The van der Waals surface area contributed by atoms with E-state index in [4.69, 9.17) is 0 Å². The maximum absolute atomic E-state index is 3.21. The summed E-state index contributed by atoms with van der Waals surface area (Å²) < 4.78 is 0. The number of benzene rings is 1. The highest BCUT2D eigenvalue weighted by atomic mass is 14.8. The molecule has 0 radical (unpaired) electrons. The highest BCUT2D eigenvalue weighted by Crippen LogP contribution is 2.53. The molecule has 1 heteroatoms. The number of hydrogen-bond acceptors (Lipinski definition) is 1. The molecule has 1 nitrogen and oxygen atoms in total. The summed E-state index contributed by atoms with van der Waals surface area (Å²) in [5, 5.41) is 3.21. The normalized spacial score (nSPS) is 16.4. The van der Waals surface area contributed by atoms with E-state index in [1.807, 2.05) is 20.9 Å². The Morgan fingerprint density at radius 2 is 1.88 bits per heavy atom. The van der Waals surface area contributed by atoms with Gasteiger partial charge in [-0.25, -0.2) is 0 Å². The average molecular weight is 233 g/mol. The first-order chi connectivity index (χ1) is 8.19. The fraction of sp³-hybridized carbons (Fsp3) is 0.625. The monoisotopic (exact) mass is 233 g/mol. The zero-order valence-corrected chi connectivity index (χ0v) is 12.0. The van der Waals surface area contributed by atoms with E-state index in [9.17, 15) is 0 Å². The van der Waals surface area contributed by atoms with Crippen LogP contribution in [0.5, 0.6) is 0 Å². The van der Waals surface area contributed by atoms with Crippen molar-refractivity contribution in [1.82, 2.24) is 5.32 Å². The Morgan fingerprint density at radius 3 is 2.35 bits per heavy atom. The number of hydrogen-bond donors (Lipinski definition) is 1. The van der Waals surface area contributed by atoms with Gasteiger partial charge in [0.05, 0.1) is 0 Å². The fourth-order valence-corrected chi connectivity index (χ4v) is 2.53. The Morgan fingerprint density at radius 1 is 1.24 bits per heavy atom. The predicted molar refractivity (Wildman–Crippen MR) is 76.3 cm³/mol. The molecule has 0 aliphatic heterocycles. The van der Waals surface area contributed by atoms with Crippen LogP contribution in [0.25, 0.3) is 0 Å². The molecule has 0 spiro atoms. The fourth-order valence-electron chi connectivity index (χ4n) is 2.53. The van der Waals surface area contributed by atoms with Gasteiger partial charge in [0.1, 0.15) is 0 Å². The van der Waals surface area contributed by atoms with Crippen molar-refractivity contribution in [2.24, 2.45) is 5.92 Å². The van der Waals surface area contributed by atoms with Crippen molar-refractivity contribution in [3.8, 4) is 0 Å². The lowest BCUT2D eigenvalue weighted by atomic mass is 9.84. The maximum atomic E-state index is 3.21. The molecule has 0 unspecified atom stereocenters. The maximum Gasteiger partial charge on any atom is 0.0202 e. The minimum Gasteiger partial charge on any atom is -0.316 e. The van der Waals surface area contributed by atoms with Crippen LogP contribution in [-0.2, 0) is 12.0 Å². The lowest BCUT2D eigenvalue weighted by molar-refractivity contribution is 0.480. The first-order valence-electron chi connectivity index (χ1n) is 6.93. The summed E-state index contributed by atoms with van der Waals surface area (Å²) in [5.74, 6) is 0.766. The molecule has 17 heavy (non-hydrogen) atoms. The zero-order valence-electron chi connectivity index (χ0n) is 12.0. The van der Waals surface area contributed by atoms with E-state index in [2.05, 4.69) is 43.4 Å². The SMILES string of the molecule is CC.CNCc1cccc(C2(C(C)C)CC2)c1. The van der Waals surface area contributed by atoms with E-state index in [0.29, 0.717) is 5.41 Å². The second-order valence-electron chi connectivity index (χ2n) is 5.04. The average Bonchev–Trinajstić information content (AvgIpc) is 3.14. The molecule has 0 aromatic heterocycles. The second-order valence-corrected chi connectivity index (χ2v) is 5.04. The van der Waals surface area contributed by atoms with E-state index in [1.54, 1.807) is 5.56 Å². The third kappa shape index (κ3) is 3.10. The van der Waals surface area contributed by atoms with Crippen molar-refractivity contribution < 1.29 is 0 Å². The summed E-state index contributed by atoms with van der Waals surface area (Å²) in [4.78, 5) is 0. The molecule has 1 aliphatic carbocycles. The molecule has 1 fully saturated rings. The van der Waals surface area contributed by atoms with E-state index in [-0.39, 0.29) is 0 Å². The second kappa shape index (κ2) is 6.20. The van der Waals surface area contributed by atoms with Crippen molar-refractivity contribution >= 4 is 0 Å². The summed E-state index contributed by atoms with van der Waals surface area (Å²) in [7, 11) is 2.00. The lowest BCUT2D eigenvalue weighted by Crippen LogP contribution is -2.15. The Kier molecular flexibility index (Phi) is 5.20. The van der Waals surface area contributed by atoms with Gasteiger partial charge in [0.15, 0.2) is 0 Å². The summed E-state index contributed by atoms with van der Waals surface area (Å²) in [6.07, 6.45) is 2.74. The Labute approximate surface area is 107 Å². The van der Waals surface area contributed by atoms with Gasteiger partial charge in [-0.3, -0.25) is 0 Å². The predicted octanol–water partition coefficient (Wildman–Crippen LogP) is 4.12. The molecule has 2 rings (SSSR count). The van der Waals surface area contributed by atoms with Gasteiger partial charge in [-0.1, -0.05) is 52.0 Å². The molecule has 1 N–H and O–H groups in total. The first-order valence-corrected chi connectivity index (χ1v) is 6.93. The Bertz CT molecular complexity index is 337. The van der Waals surface area contributed by atoms with Crippen molar-refractivity contribution in [2.45, 2.75) is 52.5 Å². The van der Waals surface area contributed by atoms with Gasteiger partial charge in [-0.05, 0) is 42.3 Å². The molecule has 0 bridgehead atoms. The molecule has 1 aromatic rings. The highest BCUT2D eigenvalue weighted by molar-refractivity contribution is 5.35. The minimum atomic E-state index is 0.504. The third-order valence-corrected chi connectivity index (χ3v) is 3.78. The molecule has 0 heterocycles. The molecule has 1 saturated carbocycles. The molecule has 0 amide bonds. The third-order valence-electron chi connectivity index (χ3n) is 3.78. The van der Waals surface area contributed by atoms with E-state index in [0.717, 1.165) is 12.5 Å². The van der Waals surface area contributed by atoms with Crippen molar-refractivity contribution in [3.63, 3.8) is 0 Å². The van der Waals surface area contributed by atoms with Crippen molar-refractivity contribution in [1.29, 1.82) is 0 Å². The van der Waals surface area contributed by atoms with Crippen LogP contribution in [0.3, 0.4) is 0 Å². The van der Waals surface area contributed by atoms with Crippen LogP contribution in [0, 0.1) is 5.92 Å². The van der Waals surface area contributed by atoms with Crippen LogP contribution < -0.4 is 5.32 Å². The van der Waals surface area contributed by atoms with Crippen LogP contribution in [0.15, 0.2) is 24.3 Å². The van der Waals surface area contributed by atoms with E-state index in [1.165, 1.54) is 18.4 Å². The van der Waals surface area contributed by atoms with Crippen LogP contribution in [0.4, 0.5) is 0 Å². The number of nitrogens with one attached hydrogen (secondary N) is 1. The largest absolute Gasteiger partial charge is 0.316 e. The number of rotatable bonds is 4. The van der Waals surface area contributed by atoms with Gasteiger partial charge >= 0.3 is 0 Å². The summed E-state index contributed by atoms with van der Waals surface area (Å²) in [6.45, 7) is 9.66. The molecular formula is C16H27N. The van der Waals surface area contributed by atoms with Gasteiger partial charge in [0.25, 0.3) is 0 Å². The minimum absolute atomic E-state index is 0.504. The quantitative estimate of drug-likeness (QED) is 0.825. The lowest BCUT2D eigenvalue weighted by Gasteiger charge is -2.20. The van der Waals surface area contributed by atoms with Gasteiger partial charge in [0.2, 0.25) is 0 Å². The van der Waals surface area contributed by atoms with Crippen molar-refractivity contribution in [3.05, 3.63) is 35.4 Å². The van der Waals surface area contributed by atoms with Gasteiger partial charge in [-0.15, -0.1) is 0 Å². The van der Waals surface area contributed by atoms with Crippen LogP contribution in [-0.4, -0.2) is 7.05 Å². The first kappa shape index (κ1) is 14.2.